The third-order valence-electron chi connectivity index (χ3n) is 3.74. The molecule has 1 aliphatic rings. The van der Waals surface area contributed by atoms with E-state index in [1.54, 1.807) is 0 Å². The van der Waals surface area contributed by atoms with Crippen LogP contribution in [0.3, 0.4) is 0 Å². The van der Waals surface area contributed by atoms with Gasteiger partial charge in [-0.15, -0.1) is 0 Å². The number of ether oxygens (including phenoxy) is 1. The van der Waals surface area contributed by atoms with Crippen LogP contribution in [-0.2, 0) is 11.3 Å². The maximum absolute atomic E-state index is 11.8. The van der Waals surface area contributed by atoms with Crippen LogP contribution >= 0.6 is 0 Å². The molecule has 1 aromatic carbocycles. The van der Waals surface area contributed by atoms with E-state index < -0.39 is 0 Å². The van der Waals surface area contributed by atoms with E-state index in [1.807, 2.05) is 25.1 Å². The number of hydroxylamine groups is 2. The first-order valence-electron chi connectivity index (χ1n) is 7.57. The molecular weight excluding hydrogens is 268 g/mol. The Bertz CT molecular complexity index is 490. The third-order valence-corrected chi connectivity index (χ3v) is 3.74. The number of benzene rings is 1. The molecule has 5 heteroatoms. The normalized spacial score (nSPS) is 18.9. The molecule has 0 aromatic heterocycles. The molecule has 0 saturated carbocycles. The van der Waals surface area contributed by atoms with E-state index in [9.17, 15) is 10.0 Å². The fraction of sp³-hybridized carbons (Fsp3) is 0.562. The van der Waals surface area contributed by atoms with Gasteiger partial charge >= 0.3 is 0 Å². The van der Waals surface area contributed by atoms with Gasteiger partial charge in [-0.2, -0.15) is 0 Å². The van der Waals surface area contributed by atoms with Gasteiger partial charge in [0.25, 0.3) is 5.91 Å². The molecular formula is C16H24N2O3. The predicted octanol–water partition coefficient (Wildman–Crippen LogP) is 2.25. The number of piperidine rings is 1. The zero-order valence-corrected chi connectivity index (χ0v) is 12.8. The van der Waals surface area contributed by atoms with Crippen molar-refractivity contribution in [2.45, 2.75) is 45.7 Å². The average Bonchev–Trinajstić information content (AvgIpc) is 2.48. The van der Waals surface area contributed by atoms with Crippen LogP contribution in [0.15, 0.2) is 18.2 Å². The van der Waals surface area contributed by atoms with E-state index in [0.29, 0.717) is 13.1 Å². The molecule has 116 valence electrons. The van der Waals surface area contributed by atoms with Gasteiger partial charge in [0.2, 0.25) is 0 Å². The van der Waals surface area contributed by atoms with Crippen molar-refractivity contribution in [2.75, 3.05) is 13.2 Å². The number of hydrogen-bond acceptors (Lipinski definition) is 4. The second-order valence-corrected chi connectivity index (χ2v) is 5.47. The van der Waals surface area contributed by atoms with E-state index in [4.69, 9.17) is 4.74 Å². The van der Waals surface area contributed by atoms with Gasteiger partial charge in [0, 0.05) is 13.1 Å². The number of nitrogens with one attached hydrogen (secondary N) is 1. The number of carbonyl (C=O) groups is 1. The summed E-state index contributed by atoms with van der Waals surface area (Å²) < 4.78 is 5.60. The molecule has 1 atom stereocenters. The number of nitrogens with zero attached hydrogens (tertiary/aromatic N) is 1. The summed E-state index contributed by atoms with van der Waals surface area (Å²) in [6.45, 7) is 5.89. The Hall–Kier alpha value is -1.59. The Labute approximate surface area is 125 Å². The van der Waals surface area contributed by atoms with Crippen molar-refractivity contribution in [3.63, 3.8) is 0 Å². The molecule has 1 heterocycles. The Kier molecular flexibility index (Phi) is 5.59. The first-order chi connectivity index (χ1) is 10.1. The zero-order valence-electron chi connectivity index (χ0n) is 12.8. The molecule has 1 amide bonds. The topological polar surface area (TPSA) is 61.8 Å². The molecule has 1 aliphatic heterocycles. The number of hydrogen-bond donors (Lipinski definition) is 2. The molecule has 2 rings (SSSR count). The van der Waals surface area contributed by atoms with Crippen molar-refractivity contribution >= 4 is 5.91 Å². The summed E-state index contributed by atoms with van der Waals surface area (Å²) in [5.74, 6) is 0.648. The number of rotatable bonds is 6. The zero-order chi connectivity index (χ0) is 15.2. The molecule has 0 aliphatic carbocycles. The van der Waals surface area contributed by atoms with Gasteiger partial charge in [-0.3, -0.25) is 10.0 Å². The van der Waals surface area contributed by atoms with Crippen molar-refractivity contribution < 1.29 is 14.7 Å². The van der Waals surface area contributed by atoms with E-state index in [1.165, 1.54) is 0 Å². The van der Waals surface area contributed by atoms with Crippen LogP contribution in [0.5, 0.6) is 5.75 Å². The molecule has 21 heavy (non-hydrogen) atoms. The summed E-state index contributed by atoms with van der Waals surface area (Å²) in [7, 11) is 0. The SMILES string of the molecule is CCCOc1ccc(CNC2CCCN(O)C2=O)c(C)c1. The van der Waals surface area contributed by atoms with Gasteiger partial charge in [0.05, 0.1) is 12.6 Å². The molecule has 1 aromatic rings. The van der Waals surface area contributed by atoms with Crippen LogP contribution in [0.1, 0.15) is 37.3 Å². The van der Waals surface area contributed by atoms with Gasteiger partial charge in [0.1, 0.15) is 5.75 Å². The predicted molar refractivity (Wildman–Crippen MR) is 80.3 cm³/mol. The summed E-state index contributed by atoms with van der Waals surface area (Å²) in [4.78, 5) is 11.8. The van der Waals surface area contributed by atoms with Crippen molar-refractivity contribution in [3.8, 4) is 5.75 Å². The Balaban J connectivity index is 1.92. The van der Waals surface area contributed by atoms with Crippen LogP contribution in [0.2, 0.25) is 0 Å². The molecule has 0 spiro atoms. The van der Waals surface area contributed by atoms with E-state index in [0.717, 1.165) is 47.8 Å². The largest absolute Gasteiger partial charge is 0.494 e. The number of aryl methyl sites for hydroxylation is 1. The minimum absolute atomic E-state index is 0.234. The minimum Gasteiger partial charge on any atom is -0.494 e. The van der Waals surface area contributed by atoms with Crippen molar-refractivity contribution in [2.24, 2.45) is 0 Å². The fourth-order valence-electron chi connectivity index (χ4n) is 2.46. The van der Waals surface area contributed by atoms with Crippen molar-refractivity contribution in [1.29, 1.82) is 0 Å². The van der Waals surface area contributed by atoms with E-state index in [2.05, 4.69) is 12.2 Å². The molecule has 1 saturated heterocycles. The van der Waals surface area contributed by atoms with Gasteiger partial charge in [0.15, 0.2) is 0 Å². The summed E-state index contributed by atoms with van der Waals surface area (Å²) in [5.41, 5.74) is 2.28. The molecule has 1 unspecified atom stereocenters. The molecule has 0 bridgehead atoms. The quantitative estimate of drug-likeness (QED) is 0.790. The van der Waals surface area contributed by atoms with Gasteiger partial charge in [-0.05, 0) is 49.4 Å². The molecule has 2 N–H and O–H groups in total. The van der Waals surface area contributed by atoms with Gasteiger partial charge < -0.3 is 10.1 Å². The number of carbonyl (C=O) groups excluding carboxylic acids is 1. The highest BCUT2D eigenvalue weighted by Gasteiger charge is 2.27. The first kappa shape index (κ1) is 15.8. The Morgan fingerprint density at radius 2 is 2.29 bits per heavy atom. The molecule has 5 nitrogen and oxygen atoms in total. The Morgan fingerprint density at radius 1 is 1.48 bits per heavy atom. The lowest BCUT2D eigenvalue weighted by Gasteiger charge is -2.28. The minimum atomic E-state index is -0.292. The highest BCUT2D eigenvalue weighted by atomic mass is 16.5. The highest BCUT2D eigenvalue weighted by Crippen LogP contribution is 2.18. The summed E-state index contributed by atoms with van der Waals surface area (Å²) in [5, 5.41) is 13.5. The summed E-state index contributed by atoms with van der Waals surface area (Å²) >= 11 is 0. The van der Waals surface area contributed by atoms with E-state index in [-0.39, 0.29) is 11.9 Å². The maximum atomic E-state index is 11.8. The smallest absolute Gasteiger partial charge is 0.263 e. The monoisotopic (exact) mass is 292 g/mol. The van der Waals surface area contributed by atoms with Crippen molar-refractivity contribution in [1.82, 2.24) is 10.4 Å². The second kappa shape index (κ2) is 7.43. The lowest BCUT2D eigenvalue weighted by molar-refractivity contribution is -0.172. The lowest BCUT2D eigenvalue weighted by atomic mass is 10.0. The second-order valence-electron chi connectivity index (χ2n) is 5.47. The van der Waals surface area contributed by atoms with Crippen LogP contribution in [0.4, 0.5) is 0 Å². The average molecular weight is 292 g/mol. The molecule has 0 radical (unpaired) electrons. The maximum Gasteiger partial charge on any atom is 0.263 e. The van der Waals surface area contributed by atoms with Crippen molar-refractivity contribution in [3.05, 3.63) is 29.3 Å². The number of amides is 1. The van der Waals surface area contributed by atoms with Gasteiger partial charge in [-0.25, -0.2) is 5.06 Å². The Morgan fingerprint density at radius 3 is 3.00 bits per heavy atom. The van der Waals surface area contributed by atoms with Crippen LogP contribution in [0, 0.1) is 6.92 Å². The first-order valence-corrected chi connectivity index (χ1v) is 7.57. The lowest BCUT2D eigenvalue weighted by Crippen LogP contribution is -2.49. The fourth-order valence-corrected chi connectivity index (χ4v) is 2.46. The van der Waals surface area contributed by atoms with E-state index >= 15 is 0 Å². The highest BCUT2D eigenvalue weighted by molar-refractivity contribution is 5.81. The molecule has 1 fully saturated rings. The van der Waals surface area contributed by atoms with Crippen LogP contribution in [-0.4, -0.2) is 35.4 Å². The van der Waals surface area contributed by atoms with Crippen LogP contribution in [0.25, 0.3) is 0 Å². The summed E-state index contributed by atoms with van der Waals surface area (Å²) in [6.07, 6.45) is 2.58. The van der Waals surface area contributed by atoms with Gasteiger partial charge in [-0.1, -0.05) is 13.0 Å². The standard InChI is InChI=1S/C16H24N2O3/c1-3-9-21-14-7-6-13(12(2)10-14)11-17-15-5-4-8-18(20)16(15)19/h6-7,10,15,17,20H,3-5,8-9,11H2,1-2H3. The summed E-state index contributed by atoms with van der Waals surface area (Å²) in [6, 6.07) is 5.71. The third kappa shape index (κ3) is 4.19. The van der Waals surface area contributed by atoms with Crippen LogP contribution < -0.4 is 10.1 Å².